The number of ether oxygens (including phenoxy) is 2. The van der Waals surface area contributed by atoms with Gasteiger partial charge >= 0.3 is 0 Å². The Labute approximate surface area is 205 Å². The van der Waals surface area contributed by atoms with E-state index in [1.165, 1.54) is 19.2 Å². The molecule has 0 unspecified atom stereocenters. The predicted molar refractivity (Wildman–Crippen MR) is 133 cm³/mol. The minimum Gasteiger partial charge on any atom is -0.493 e. The number of nitrogens with zero attached hydrogens (tertiary/aromatic N) is 1. The van der Waals surface area contributed by atoms with Crippen LogP contribution < -0.4 is 19.1 Å². The van der Waals surface area contributed by atoms with Crippen molar-refractivity contribution in [2.45, 2.75) is 24.8 Å². The molecule has 9 heteroatoms. The molecule has 0 bridgehead atoms. The van der Waals surface area contributed by atoms with E-state index < -0.39 is 28.5 Å². The van der Waals surface area contributed by atoms with Crippen LogP contribution in [0.3, 0.4) is 0 Å². The highest BCUT2D eigenvalue weighted by atomic mass is 35.5. The van der Waals surface area contributed by atoms with Crippen LogP contribution in [0.15, 0.2) is 71.6 Å². The van der Waals surface area contributed by atoms with Crippen molar-refractivity contribution in [2.75, 3.05) is 25.1 Å². The summed E-state index contributed by atoms with van der Waals surface area (Å²) in [6, 6.07) is 17.9. The molecule has 3 aromatic carbocycles. The molecule has 0 aliphatic rings. The zero-order chi connectivity index (χ0) is 24.9. The lowest BCUT2D eigenvalue weighted by Gasteiger charge is -2.26. The minimum absolute atomic E-state index is 0.0683. The second-order valence-electron chi connectivity index (χ2n) is 7.68. The maximum Gasteiger partial charge on any atom is 0.264 e. The molecule has 0 aliphatic heterocycles. The van der Waals surface area contributed by atoms with Crippen molar-refractivity contribution < 1.29 is 22.7 Å². The number of sulfonamides is 1. The summed E-state index contributed by atoms with van der Waals surface area (Å²) in [6.07, 6.45) is 0. The van der Waals surface area contributed by atoms with E-state index in [-0.39, 0.29) is 15.6 Å². The molecule has 3 rings (SSSR count). The van der Waals surface area contributed by atoms with E-state index in [0.29, 0.717) is 11.5 Å². The number of methoxy groups -OCH3 is 2. The van der Waals surface area contributed by atoms with E-state index in [1.54, 1.807) is 68.6 Å². The molecule has 0 aliphatic carbocycles. The number of hydrogen-bond donors (Lipinski definition) is 1. The Hall–Kier alpha value is -3.23. The van der Waals surface area contributed by atoms with E-state index in [9.17, 15) is 13.2 Å². The molecule has 3 aromatic rings. The van der Waals surface area contributed by atoms with Crippen molar-refractivity contribution in [1.29, 1.82) is 0 Å². The Morgan fingerprint density at radius 3 is 2.26 bits per heavy atom. The molecule has 0 aromatic heterocycles. The summed E-state index contributed by atoms with van der Waals surface area (Å²) in [6.45, 7) is 3.22. The summed E-state index contributed by atoms with van der Waals surface area (Å²) in [5.41, 5.74) is 1.92. The molecular weight excluding hydrogens is 476 g/mol. The Bertz CT molecular complexity index is 1260. The van der Waals surface area contributed by atoms with E-state index in [4.69, 9.17) is 21.1 Å². The van der Waals surface area contributed by atoms with Gasteiger partial charge in [0.2, 0.25) is 5.91 Å². The summed E-state index contributed by atoms with van der Waals surface area (Å²) in [4.78, 5) is 13.1. The summed E-state index contributed by atoms with van der Waals surface area (Å²) in [7, 11) is -0.985. The van der Waals surface area contributed by atoms with Crippen LogP contribution in [0.5, 0.6) is 11.5 Å². The van der Waals surface area contributed by atoms with Crippen LogP contribution in [0, 0.1) is 6.92 Å². The number of benzene rings is 3. The molecule has 1 amide bonds. The number of aryl methyl sites for hydroxylation is 1. The van der Waals surface area contributed by atoms with Gasteiger partial charge in [-0.25, -0.2) is 8.42 Å². The lowest BCUT2D eigenvalue weighted by atomic mass is 10.1. The number of carbonyl (C=O) groups is 1. The highest BCUT2D eigenvalue weighted by molar-refractivity contribution is 7.92. The first kappa shape index (κ1) is 25.4. The van der Waals surface area contributed by atoms with Gasteiger partial charge in [0.05, 0.1) is 35.9 Å². The fraction of sp³-hybridized carbons (Fsp3) is 0.240. The molecule has 7 nitrogen and oxygen atoms in total. The van der Waals surface area contributed by atoms with Gasteiger partial charge < -0.3 is 14.8 Å². The highest BCUT2D eigenvalue weighted by Gasteiger charge is 2.29. The van der Waals surface area contributed by atoms with Crippen LogP contribution in [0.1, 0.15) is 24.1 Å². The minimum atomic E-state index is -4.06. The van der Waals surface area contributed by atoms with Gasteiger partial charge in [-0.15, -0.1) is 0 Å². The number of para-hydroxylation sites is 1. The van der Waals surface area contributed by atoms with Crippen LogP contribution in [0.2, 0.25) is 5.02 Å². The monoisotopic (exact) mass is 502 g/mol. The van der Waals surface area contributed by atoms with Crippen molar-refractivity contribution in [2.24, 2.45) is 0 Å². The summed E-state index contributed by atoms with van der Waals surface area (Å²) >= 11 is 6.32. The number of hydrogen-bond acceptors (Lipinski definition) is 5. The van der Waals surface area contributed by atoms with Gasteiger partial charge in [-0.2, -0.15) is 0 Å². The quantitative estimate of drug-likeness (QED) is 0.457. The maximum absolute atomic E-state index is 13.5. The van der Waals surface area contributed by atoms with Gasteiger partial charge in [-0.05, 0) is 55.8 Å². The van der Waals surface area contributed by atoms with E-state index in [1.807, 2.05) is 6.92 Å². The van der Waals surface area contributed by atoms with Gasteiger partial charge in [-0.1, -0.05) is 47.5 Å². The standard InChI is InChI=1S/C25H27ClN2O5S/c1-17-9-12-20(13-10-17)34(30,31)28(22-8-6-5-7-21(22)26)16-25(29)27-18(2)19-11-14-23(32-3)24(15-19)33-4/h5-15,18H,16H2,1-4H3,(H,27,29)/t18-/m0/s1. The fourth-order valence-electron chi connectivity index (χ4n) is 3.41. The van der Waals surface area contributed by atoms with Crippen molar-refractivity contribution >= 4 is 33.2 Å². The first-order valence-electron chi connectivity index (χ1n) is 10.5. The second kappa shape index (κ2) is 10.8. The normalized spacial score (nSPS) is 12.0. The number of rotatable bonds is 9. The maximum atomic E-state index is 13.5. The van der Waals surface area contributed by atoms with Gasteiger partial charge in [0.25, 0.3) is 10.0 Å². The molecule has 1 N–H and O–H groups in total. The number of amides is 1. The molecule has 0 radical (unpaired) electrons. The van der Waals surface area contributed by atoms with Crippen molar-refractivity contribution in [3.63, 3.8) is 0 Å². The molecule has 0 heterocycles. The van der Waals surface area contributed by atoms with Crippen LogP contribution in [0.25, 0.3) is 0 Å². The van der Waals surface area contributed by atoms with Crippen LogP contribution in [-0.4, -0.2) is 35.1 Å². The number of halogens is 1. The number of anilines is 1. The molecule has 0 spiro atoms. The molecular formula is C25H27ClN2O5S. The van der Waals surface area contributed by atoms with Crippen molar-refractivity contribution in [3.8, 4) is 11.5 Å². The predicted octanol–water partition coefficient (Wildman–Crippen LogP) is 4.74. The second-order valence-corrected chi connectivity index (χ2v) is 9.95. The molecule has 0 saturated heterocycles. The molecule has 0 fully saturated rings. The Morgan fingerprint density at radius 2 is 1.65 bits per heavy atom. The largest absolute Gasteiger partial charge is 0.493 e. The summed E-state index contributed by atoms with van der Waals surface area (Å²) in [5.74, 6) is 0.609. The van der Waals surface area contributed by atoms with Gasteiger partial charge in [0.15, 0.2) is 11.5 Å². The van der Waals surface area contributed by atoms with Crippen molar-refractivity contribution in [3.05, 3.63) is 82.9 Å². The lowest BCUT2D eigenvalue weighted by molar-refractivity contribution is -0.120. The number of nitrogens with one attached hydrogen (secondary N) is 1. The molecule has 180 valence electrons. The van der Waals surface area contributed by atoms with E-state index in [2.05, 4.69) is 5.32 Å². The molecule has 0 saturated carbocycles. The van der Waals surface area contributed by atoms with Gasteiger partial charge in [0.1, 0.15) is 6.54 Å². The third kappa shape index (κ3) is 5.63. The molecule has 1 atom stereocenters. The zero-order valence-corrected chi connectivity index (χ0v) is 21.0. The summed E-state index contributed by atoms with van der Waals surface area (Å²) < 4.78 is 38.6. The average Bonchev–Trinajstić information content (AvgIpc) is 2.82. The Kier molecular flexibility index (Phi) is 8.06. The summed E-state index contributed by atoms with van der Waals surface area (Å²) in [5, 5.41) is 3.07. The smallest absolute Gasteiger partial charge is 0.264 e. The third-order valence-electron chi connectivity index (χ3n) is 5.30. The SMILES string of the molecule is COc1ccc([C@H](C)NC(=O)CN(c2ccccc2Cl)S(=O)(=O)c2ccc(C)cc2)cc1OC. The fourth-order valence-corrected chi connectivity index (χ4v) is 5.14. The first-order valence-corrected chi connectivity index (χ1v) is 12.3. The lowest BCUT2D eigenvalue weighted by Crippen LogP contribution is -2.41. The van der Waals surface area contributed by atoms with Gasteiger partial charge in [0, 0.05) is 0 Å². The van der Waals surface area contributed by atoms with Crippen LogP contribution in [-0.2, 0) is 14.8 Å². The molecule has 34 heavy (non-hydrogen) atoms. The van der Waals surface area contributed by atoms with E-state index in [0.717, 1.165) is 15.4 Å². The topological polar surface area (TPSA) is 84.9 Å². The third-order valence-corrected chi connectivity index (χ3v) is 7.40. The first-order chi connectivity index (χ1) is 16.2. The van der Waals surface area contributed by atoms with Gasteiger partial charge in [-0.3, -0.25) is 9.10 Å². The average molecular weight is 503 g/mol. The zero-order valence-electron chi connectivity index (χ0n) is 19.4. The van der Waals surface area contributed by atoms with E-state index >= 15 is 0 Å². The Morgan fingerprint density at radius 1 is 1.00 bits per heavy atom. The highest BCUT2D eigenvalue weighted by Crippen LogP contribution is 2.31. The van der Waals surface area contributed by atoms with Crippen molar-refractivity contribution in [1.82, 2.24) is 5.32 Å². The van der Waals surface area contributed by atoms with Crippen LogP contribution in [0.4, 0.5) is 5.69 Å². The Balaban J connectivity index is 1.89. The number of carbonyl (C=O) groups excluding carboxylic acids is 1. The van der Waals surface area contributed by atoms with Crippen LogP contribution >= 0.6 is 11.6 Å².